The Hall–Kier alpha value is -3.01. The van der Waals surface area contributed by atoms with Crippen molar-refractivity contribution in [1.82, 2.24) is 20.7 Å². The molecule has 1 aromatic carbocycles. The van der Waals surface area contributed by atoms with E-state index in [1.54, 1.807) is 55.9 Å². The number of halogens is 1. The van der Waals surface area contributed by atoms with Crippen LogP contribution in [0.2, 0.25) is 0 Å². The van der Waals surface area contributed by atoms with Crippen molar-refractivity contribution in [2.45, 2.75) is 19.9 Å². The Morgan fingerprint density at radius 2 is 1.57 bits per heavy atom. The van der Waals surface area contributed by atoms with Gasteiger partial charge >= 0.3 is 0 Å². The molecule has 0 fully saturated rings. The summed E-state index contributed by atoms with van der Waals surface area (Å²) in [5.41, 5.74) is 5.37. The number of rotatable bonds is 7. The number of carbonyl (C=O) groups is 3. The molecule has 1 atom stereocenters. The number of hydrogen-bond donors (Lipinski definition) is 3. The molecule has 2 rings (SSSR count). The molecule has 9 nitrogen and oxygen atoms in total. The molecule has 2 aromatic rings. The zero-order chi connectivity index (χ0) is 22.4. The number of methoxy groups -OCH3 is 2. The number of aromatic nitrogens is 1. The number of hydrogen-bond acceptors (Lipinski definition) is 5. The third-order valence-electron chi connectivity index (χ3n) is 4.35. The Morgan fingerprint density at radius 3 is 2.03 bits per heavy atom. The Labute approximate surface area is 183 Å². The SMILES string of the molecule is COc1cc(OC)cc(C(=O)NC(C(=O)NNC(=O)c2cc(Br)cn2C)C(C)C)c1. The second-order valence-electron chi connectivity index (χ2n) is 6.89. The summed E-state index contributed by atoms with van der Waals surface area (Å²) in [6.07, 6.45) is 1.72. The first-order valence-electron chi connectivity index (χ1n) is 9.12. The smallest absolute Gasteiger partial charge is 0.286 e. The van der Waals surface area contributed by atoms with E-state index < -0.39 is 23.8 Å². The molecule has 1 aromatic heterocycles. The van der Waals surface area contributed by atoms with E-state index in [4.69, 9.17) is 9.47 Å². The summed E-state index contributed by atoms with van der Waals surface area (Å²) in [4.78, 5) is 37.6. The second-order valence-corrected chi connectivity index (χ2v) is 7.81. The highest BCUT2D eigenvalue weighted by molar-refractivity contribution is 9.10. The van der Waals surface area contributed by atoms with Gasteiger partial charge in [-0.2, -0.15) is 0 Å². The van der Waals surface area contributed by atoms with Gasteiger partial charge in [0.1, 0.15) is 23.2 Å². The monoisotopic (exact) mass is 480 g/mol. The lowest BCUT2D eigenvalue weighted by molar-refractivity contribution is -0.124. The van der Waals surface area contributed by atoms with Gasteiger partial charge in [-0.15, -0.1) is 0 Å². The molecule has 30 heavy (non-hydrogen) atoms. The Kier molecular flexibility index (Phi) is 7.87. The molecule has 10 heteroatoms. The molecule has 0 aliphatic carbocycles. The third kappa shape index (κ3) is 5.76. The highest BCUT2D eigenvalue weighted by Crippen LogP contribution is 2.22. The van der Waals surface area contributed by atoms with E-state index in [1.807, 2.05) is 0 Å². The summed E-state index contributed by atoms with van der Waals surface area (Å²) in [5.74, 6) is -0.837. The minimum absolute atomic E-state index is 0.234. The van der Waals surface area contributed by atoms with Gasteiger partial charge in [-0.25, -0.2) is 0 Å². The van der Waals surface area contributed by atoms with Gasteiger partial charge in [0.25, 0.3) is 17.7 Å². The first kappa shape index (κ1) is 23.3. The average Bonchev–Trinajstić information content (AvgIpc) is 3.06. The number of nitrogens with one attached hydrogen (secondary N) is 3. The van der Waals surface area contributed by atoms with Crippen LogP contribution in [0.4, 0.5) is 0 Å². The number of benzene rings is 1. The highest BCUT2D eigenvalue weighted by Gasteiger charge is 2.26. The molecule has 1 heterocycles. The van der Waals surface area contributed by atoms with E-state index in [0.29, 0.717) is 17.2 Å². The molecule has 1 unspecified atom stereocenters. The molecule has 162 valence electrons. The van der Waals surface area contributed by atoms with E-state index in [9.17, 15) is 14.4 Å². The standard InChI is InChI=1S/C20H25BrN4O5/c1-11(2)17(20(28)24-23-19(27)16-8-13(21)10-25(16)3)22-18(26)12-6-14(29-4)9-15(7-12)30-5/h6-11,17H,1-5H3,(H,22,26)(H,23,27)(H,24,28). The lowest BCUT2D eigenvalue weighted by atomic mass is 10.0. The fourth-order valence-electron chi connectivity index (χ4n) is 2.71. The minimum atomic E-state index is -0.879. The highest BCUT2D eigenvalue weighted by atomic mass is 79.9. The Morgan fingerprint density at radius 1 is 0.967 bits per heavy atom. The largest absolute Gasteiger partial charge is 0.497 e. The summed E-state index contributed by atoms with van der Waals surface area (Å²) in [5, 5.41) is 2.69. The molecule has 3 amide bonds. The van der Waals surface area contributed by atoms with Crippen LogP contribution in [0.3, 0.4) is 0 Å². The average molecular weight is 481 g/mol. The van der Waals surface area contributed by atoms with Crippen molar-refractivity contribution in [3.8, 4) is 11.5 Å². The maximum atomic E-state index is 12.7. The number of aryl methyl sites for hydroxylation is 1. The predicted molar refractivity (Wildman–Crippen MR) is 114 cm³/mol. The number of carbonyl (C=O) groups excluding carboxylic acids is 3. The van der Waals surface area contributed by atoms with Crippen molar-refractivity contribution in [3.05, 3.63) is 46.2 Å². The fraction of sp³-hybridized carbons (Fsp3) is 0.350. The topological polar surface area (TPSA) is 111 Å². The zero-order valence-electron chi connectivity index (χ0n) is 17.4. The van der Waals surface area contributed by atoms with Gasteiger partial charge < -0.3 is 19.4 Å². The maximum absolute atomic E-state index is 12.7. The number of ether oxygens (including phenoxy) is 2. The lowest BCUT2D eigenvalue weighted by Crippen LogP contribution is -2.54. The number of amides is 3. The van der Waals surface area contributed by atoms with E-state index in [1.165, 1.54) is 14.2 Å². The molecule has 0 bridgehead atoms. The van der Waals surface area contributed by atoms with Gasteiger partial charge in [0, 0.05) is 29.3 Å². The molecular weight excluding hydrogens is 456 g/mol. The first-order chi connectivity index (χ1) is 14.2. The predicted octanol–water partition coefficient (Wildman–Crippen LogP) is 2.02. The Bertz CT molecular complexity index is 919. The van der Waals surface area contributed by atoms with Crippen molar-refractivity contribution in [1.29, 1.82) is 0 Å². The summed E-state index contributed by atoms with van der Waals surface area (Å²) < 4.78 is 12.7. The molecular formula is C20H25BrN4O5. The molecule has 0 radical (unpaired) electrons. The first-order valence-corrected chi connectivity index (χ1v) is 9.91. The summed E-state index contributed by atoms with van der Waals surface area (Å²) in [6.45, 7) is 3.57. The van der Waals surface area contributed by atoms with Crippen molar-refractivity contribution in [2.75, 3.05) is 14.2 Å². The van der Waals surface area contributed by atoms with Crippen molar-refractivity contribution < 1.29 is 23.9 Å². The van der Waals surface area contributed by atoms with Gasteiger partial charge in [-0.3, -0.25) is 25.2 Å². The van der Waals surface area contributed by atoms with Crippen molar-refractivity contribution in [2.24, 2.45) is 13.0 Å². The lowest BCUT2D eigenvalue weighted by Gasteiger charge is -2.22. The van der Waals surface area contributed by atoms with E-state index in [2.05, 4.69) is 32.1 Å². The molecule has 0 saturated heterocycles. The number of nitrogens with zero attached hydrogens (tertiary/aromatic N) is 1. The van der Waals surface area contributed by atoms with Crippen LogP contribution >= 0.6 is 15.9 Å². The van der Waals surface area contributed by atoms with Crippen molar-refractivity contribution >= 4 is 33.7 Å². The quantitative estimate of drug-likeness (QED) is 0.525. The molecule has 0 saturated carbocycles. The van der Waals surface area contributed by atoms with Crippen LogP contribution in [0.25, 0.3) is 0 Å². The summed E-state index contributed by atoms with van der Waals surface area (Å²) >= 11 is 3.29. The van der Waals surface area contributed by atoms with E-state index in [0.717, 1.165) is 4.47 Å². The van der Waals surface area contributed by atoms with Crippen LogP contribution < -0.4 is 25.6 Å². The van der Waals surface area contributed by atoms with Crippen LogP contribution in [0, 0.1) is 5.92 Å². The second kappa shape index (κ2) is 10.1. The van der Waals surface area contributed by atoms with Crippen LogP contribution in [0.5, 0.6) is 11.5 Å². The summed E-state index contributed by atoms with van der Waals surface area (Å²) in [7, 11) is 4.67. The molecule has 0 spiro atoms. The van der Waals surface area contributed by atoms with Crippen LogP contribution in [0.1, 0.15) is 34.7 Å². The van der Waals surface area contributed by atoms with Crippen molar-refractivity contribution in [3.63, 3.8) is 0 Å². The van der Waals surface area contributed by atoms with E-state index >= 15 is 0 Å². The number of hydrazine groups is 1. The van der Waals surface area contributed by atoms with Gasteiger partial charge in [-0.1, -0.05) is 13.8 Å². The van der Waals surface area contributed by atoms with Gasteiger partial charge in [0.05, 0.1) is 14.2 Å². The normalized spacial score (nSPS) is 11.6. The zero-order valence-corrected chi connectivity index (χ0v) is 19.0. The van der Waals surface area contributed by atoms with Gasteiger partial charge in [0.15, 0.2) is 0 Å². The molecule has 0 aliphatic rings. The Balaban J connectivity index is 2.08. The fourth-order valence-corrected chi connectivity index (χ4v) is 3.23. The molecule has 3 N–H and O–H groups in total. The van der Waals surface area contributed by atoms with Gasteiger partial charge in [0.2, 0.25) is 0 Å². The molecule has 0 aliphatic heterocycles. The summed E-state index contributed by atoms with van der Waals surface area (Å²) in [6, 6.07) is 5.47. The third-order valence-corrected chi connectivity index (χ3v) is 4.79. The van der Waals surface area contributed by atoms with Crippen LogP contribution in [-0.2, 0) is 11.8 Å². The maximum Gasteiger partial charge on any atom is 0.286 e. The van der Waals surface area contributed by atoms with Crippen LogP contribution in [0.15, 0.2) is 34.9 Å². The van der Waals surface area contributed by atoms with Crippen LogP contribution in [-0.4, -0.2) is 42.6 Å². The van der Waals surface area contributed by atoms with E-state index in [-0.39, 0.29) is 11.5 Å². The minimum Gasteiger partial charge on any atom is -0.497 e. The van der Waals surface area contributed by atoms with Gasteiger partial charge in [-0.05, 0) is 40.0 Å².